The molecule has 2 N–H and O–H groups in total. The van der Waals surface area contributed by atoms with Crippen molar-refractivity contribution in [2.45, 2.75) is 19.3 Å². The van der Waals surface area contributed by atoms with Crippen molar-refractivity contribution in [2.24, 2.45) is 0 Å². The van der Waals surface area contributed by atoms with Crippen molar-refractivity contribution >= 4 is 11.7 Å². The summed E-state index contributed by atoms with van der Waals surface area (Å²) in [6, 6.07) is 3.67. The molecule has 1 heterocycles. The standard InChI is InChI=1S/C10H14N2O2/c1-14-10(13)4-2-3-9-6-5-8(11)7-12-9/h5-7H,2-4,11H2,1H3. The topological polar surface area (TPSA) is 65.2 Å². The van der Waals surface area contributed by atoms with Gasteiger partial charge in [0.15, 0.2) is 0 Å². The van der Waals surface area contributed by atoms with E-state index >= 15 is 0 Å². The molecule has 0 saturated carbocycles. The Bertz CT molecular complexity index is 295. The Labute approximate surface area is 83.1 Å². The lowest BCUT2D eigenvalue weighted by Crippen LogP contribution is -2.01. The zero-order chi connectivity index (χ0) is 10.4. The lowest BCUT2D eigenvalue weighted by Gasteiger charge is -2.00. The van der Waals surface area contributed by atoms with E-state index in [1.54, 1.807) is 12.3 Å². The Morgan fingerprint density at radius 2 is 2.36 bits per heavy atom. The number of ether oxygens (including phenoxy) is 1. The lowest BCUT2D eigenvalue weighted by atomic mass is 10.2. The van der Waals surface area contributed by atoms with Crippen LogP contribution < -0.4 is 5.73 Å². The number of hydrogen-bond acceptors (Lipinski definition) is 4. The molecule has 0 unspecified atom stereocenters. The van der Waals surface area contributed by atoms with Crippen LogP contribution in [0.4, 0.5) is 5.69 Å². The van der Waals surface area contributed by atoms with Gasteiger partial charge in [0.1, 0.15) is 0 Å². The summed E-state index contributed by atoms with van der Waals surface area (Å²) in [6.45, 7) is 0. The molecule has 0 aliphatic rings. The maximum absolute atomic E-state index is 10.8. The second-order valence-electron chi connectivity index (χ2n) is 3.01. The molecular weight excluding hydrogens is 180 g/mol. The Balaban J connectivity index is 2.31. The number of carbonyl (C=O) groups excluding carboxylic acids is 1. The van der Waals surface area contributed by atoms with E-state index in [0.717, 1.165) is 18.5 Å². The molecule has 1 aromatic heterocycles. The Hall–Kier alpha value is -1.58. The molecule has 0 amide bonds. The SMILES string of the molecule is COC(=O)CCCc1ccc(N)cn1. The Morgan fingerprint density at radius 1 is 1.57 bits per heavy atom. The molecule has 0 saturated heterocycles. The summed E-state index contributed by atoms with van der Waals surface area (Å²) < 4.78 is 4.53. The number of hydrogen-bond donors (Lipinski definition) is 1. The number of aromatic nitrogens is 1. The van der Waals surface area contributed by atoms with Gasteiger partial charge in [0.2, 0.25) is 0 Å². The minimum Gasteiger partial charge on any atom is -0.469 e. The highest BCUT2D eigenvalue weighted by molar-refractivity contribution is 5.69. The molecule has 0 bridgehead atoms. The van der Waals surface area contributed by atoms with E-state index in [1.807, 2.05) is 6.07 Å². The smallest absolute Gasteiger partial charge is 0.305 e. The summed E-state index contributed by atoms with van der Waals surface area (Å²) in [7, 11) is 1.39. The van der Waals surface area contributed by atoms with Gasteiger partial charge in [-0.15, -0.1) is 0 Å². The third kappa shape index (κ3) is 3.43. The highest BCUT2D eigenvalue weighted by atomic mass is 16.5. The molecule has 0 spiro atoms. The fourth-order valence-corrected chi connectivity index (χ4v) is 1.10. The summed E-state index contributed by atoms with van der Waals surface area (Å²) >= 11 is 0. The van der Waals surface area contributed by atoms with Crippen LogP contribution in [0.1, 0.15) is 18.5 Å². The number of esters is 1. The largest absolute Gasteiger partial charge is 0.469 e. The fraction of sp³-hybridized carbons (Fsp3) is 0.400. The zero-order valence-electron chi connectivity index (χ0n) is 8.19. The van der Waals surface area contributed by atoms with Gasteiger partial charge < -0.3 is 10.5 Å². The molecule has 0 aromatic carbocycles. The van der Waals surface area contributed by atoms with Crippen LogP contribution in [-0.4, -0.2) is 18.1 Å². The first-order chi connectivity index (χ1) is 6.72. The molecule has 0 fully saturated rings. The number of nitrogens with zero attached hydrogens (tertiary/aromatic N) is 1. The maximum Gasteiger partial charge on any atom is 0.305 e. The quantitative estimate of drug-likeness (QED) is 0.730. The number of methoxy groups -OCH3 is 1. The van der Waals surface area contributed by atoms with Crippen molar-refractivity contribution in [3.8, 4) is 0 Å². The van der Waals surface area contributed by atoms with Gasteiger partial charge in [0, 0.05) is 12.1 Å². The average molecular weight is 194 g/mol. The minimum atomic E-state index is -0.180. The predicted octanol–water partition coefficient (Wildman–Crippen LogP) is 1.16. The third-order valence-corrected chi connectivity index (χ3v) is 1.89. The molecule has 0 aliphatic carbocycles. The normalized spacial score (nSPS) is 9.79. The maximum atomic E-state index is 10.8. The molecule has 76 valence electrons. The van der Waals surface area contributed by atoms with Gasteiger partial charge in [-0.05, 0) is 25.0 Å². The number of aryl methyl sites for hydroxylation is 1. The predicted molar refractivity (Wildman–Crippen MR) is 53.6 cm³/mol. The van der Waals surface area contributed by atoms with Gasteiger partial charge in [0.05, 0.1) is 19.0 Å². The first kappa shape index (κ1) is 10.5. The van der Waals surface area contributed by atoms with E-state index in [-0.39, 0.29) is 5.97 Å². The molecule has 0 atom stereocenters. The van der Waals surface area contributed by atoms with Crippen molar-refractivity contribution in [3.63, 3.8) is 0 Å². The monoisotopic (exact) mass is 194 g/mol. The number of nitrogens with two attached hydrogens (primary N) is 1. The minimum absolute atomic E-state index is 0.180. The van der Waals surface area contributed by atoms with Gasteiger partial charge in [-0.3, -0.25) is 9.78 Å². The molecule has 0 aliphatic heterocycles. The second kappa shape index (κ2) is 5.21. The Morgan fingerprint density at radius 3 is 2.93 bits per heavy atom. The van der Waals surface area contributed by atoms with Gasteiger partial charge in [-0.25, -0.2) is 0 Å². The summed E-state index contributed by atoms with van der Waals surface area (Å²) in [5.74, 6) is -0.180. The highest BCUT2D eigenvalue weighted by Gasteiger charge is 2.00. The summed E-state index contributed by atoms with van der Waals surface area (Å²) in [6.07, 6.45) is 3.58. The number of pyridine rings is 1. The van der Waals surface area contributed by atoms with Crippen molar-refractivity contribution in [3.05, 3.63) is 24.0 Å². The van der Waals surface area contributed by atoms with E-state index in [9.17, 15) is 4.79 Å². The molecule has 0 radical (unpaired) electrons. The molecular formula is C10H14N2O2. The molecule has 4 heteroatoms. The van der Waals surface area contributed by atoms with Crippen LogP contribution >= 0.6 is 0 Å². The van der Waals surface area contributed by atoms with E-state index < -0.39 is 0 Å². The van der Waals surface area contributed by atoms with Crippen LogP contribution in [-0.2, 0) is 16.0 Å². The van der Waals surface area contributed by atoms with Crippen molar-refractivity contribution in [1.29, 1.82) is 0 Å². The number of anilines is 1. The first-order valence-electron chi connectivity index (χ1n) is 4.49. The number of nitrogen functional groups attached to an aromatic ring is 1. The van der Waals surface area contributed by atoms with E-state index in [0.29, 0.717) is 12.1 Å². The summed E-state index contributed by atoms with van der Waals surface area (Å²) in [5, 5.41) is 0. The van der Waals surface area contributed by atoms with Crippen molar-refractivity contribution in [1.82, 2.24) is 4.98 Å². The zero-order valence-corrected chi connectivity index (χ0v) is 8.19. The van der Waals surface area contributed by atoms with E-state index in [1.165, 1.54) is 7.11 Å². The first-order valence-corrected chi connectivity index (χ1v) is 4.49. The molecule has 4 nitrogen and oxygen atoms in total. The van der Waals surface area contributed by atoms with Crippen molar-refractivity contribution < 1.29 is 9.53 Å². The van der Waals surface area contributed by atoms with E-state index in [4.69, 9.17) is 5.73 Å². The number of carbonyl (C=O) groups is 1. The van der Waals surface area contributed by atoms with Gasteiger partial charge in [-0.1, -0.05) is 0 Å². The van der Waals surface area contributed by atoms with Gasteiger partial charge in [0.25, 0.3) is 0 Å². The second-order valence-corrected chi connectivity index (χ2v) is 3.01. The van der Waals surface area contributed by atoms with Crippen molar-refractivity contribution in [2.75, 3.05) is 12.8 Å². The highest BCUT2D eigenvalue weighted by Crippen LogP contribution is 2.05. The average Bonchev–Trinajstić information content (AvgIpc) is 2.21. The van der Waals surface area contributed by atoms with Crippen LogP contribution in [0.3, 0.4) is 0 Å². The Kier molecular flexibility index (Phi) is 3.91. The number of rotatable bonds is 4. The van der Waals surface area contributed by atoms with Crippen LogP contribution in [0, 0.1) is 0 Å². The van der Waals surface area contributed by atoms with Crippen LogP contribution in [0.25, 0.3) is 0 Å². The van der Waals surface area contributed by atoms with Crippen LogP contribution in [0.15, 0.2) is 18.3 Å². The van der Waals surface area contributed by atoms with Gasteiger partial charge >= 0.3 is 5.97 Å². The van der Waals surface area contributed by atoms with Gasteiger partial charge in [-0.2, -0.15) is 0 Å². The molecule has 1 rings (SSSR count). The molecule has 1 aromatic rings. The molecule has 14 heavy (non-hydrogen) atoms. The summed E-state index contributed by atoms with van der Waals surface area (Å²) in [4.78, 5) is 14.9. The third-order valence-electron chi connectivity index (χ3n) is 1.89. The van der Waals surface area contributed by atoms with Crippen LogP contribution in [0.5, 0.6) is 0 Å². The fourth-order valence-electron chi connectivity index (χ4n) is 1.10. The van der Waals surface area contributed by atoms with Crippen LogP contribution in [0.2, 0.25) is 0 Å². The van der Waals surface area contributed by atoms with E-state index in [2.05, 4.69) is 9.72 Å². The lowest BCUT2D eigenvalue weighted by molar-refractivity contribution is -0.140. The summed E-state index contributed by atoms with van der Waals surface area (Å²) in [5.41, 5.74) is 7.09.